The highest BCUT2D eigenvalue weighted by Gasteiger charge is 2.12. The molecule has 0 unspecified atom stereocenters. The van der Waals surface area contributed by atoms with Gasteiger partial charge < -0.3 is 0 Å². The molecule has 0 heterocycles. The summed E-state index contributed by atoms with van der Waals surface area (Å²) in [5.74, 6) is -0.436. The number of non-ortho nitro benzene ring substituents is 1. The van der Waals surface area contributed by atoms with E-state index in [4.69, 9.17) is 0 Å². The number of aliphatic imine (C=N–C) groups is 1. The Hall–Kier alpha value is -2.44. The number of rotatable bonds is 5. The molecule has 1 saturated carbocycles. The molecule has 0 saturated heterocycles. The molecular formula is C14H18N4O3. The average Bonchev–Trinajstić information content (AvgIpc) is 2.52. The molecule has 0 atom stereocenters. The first-order valence-electron chi connectivity index (χ1n) is 6.99. The number of nitro benzene ring substituents is 1. The molecule has 0 radical (unpaired) electrons. The van der Waals surface area contributed by atoms with Gasteiger partial charge in [0.2, 0.25) is 0 Å². The number of hydrazine groups is 1. The molecule has 7 heteroatoms. The lowest BCUT2D eigenvalue weighted by Gasteiger charge is -2.17. The Morgan fingerprint density at radius 2 is 2.10 bits per heavy atom. The monoisotopic (exact) mass is 290 g/mol. The number of carbonyl (C=O) groups is 1. The van der Waals surface area contributed by atoms with Gasteiger partial charge in [0.15, 0.2) is 0 Å². The number of nitrogens with one attached hydrogen (secondary N) is 2. The van der Waals surface area contributed by atoms with Crippen LogP contribution < -0.4 is 10.9 Å². The number of hydrogen-bond acceptors (Lipinski definition) is 4. The number of nitro groups is 1. The highest BCUT2D eigenvalue weighted by Crippen LogP contribution is 2.19. The summed E-state index contributed by atoms with van der Waals surface area (Å²) in [5, 5.41) is 10.6. The van der Waals surface area contributed by atoms with E-state index in [0.717, 1.165) is 12.8 Å². The second kappa shape index (κ2) is 7.37. The van der Waals surface area contributed by atoms with Crippen LogP contribution in [-0.4, -0.2) is 23.2 Å². The lowest BCUT2D eigenvalue weighted by Crippen LogP contribution is -2.36. The standard InChI is InChI=1S/C14H18N4O3/c19-14(11-5-4-8-13(9-11)18(20)21)17-16-10-15-12-6-2-1-3-7-12/h4-5,8-10,12H,1-3,6-7H2,(H,15,16)(H,17,19). The molecule has 2 N–H and O–H groups in total. The Labute approximate surface area is 122 Å². The first kappa shape index (κ1) is 15.0. The second-order valence-corrected chi connectivity index (χ2v) is 4.98. The van der Waals surface area contributed by atoms with E-state index in [1.165, 1.54) is 49.9 Å². The van der Waals surface area contributed by atoms with Crippen molar-refractivity contribution in [3.8, 4) is 0 Å². The van der Waals surface area contributed by atoms with Gasteiger partial charge in [-0.15, -0.1) is 0 Å². The molecule has 2 rings (SSSR count). The van der Waals surface area contributed by atoms with E-state index in [9.17, 15) is 14.9 Å². The van der Waals surface area contributed by atoms with Crippen molar-refractivity contribution in [3.63, 3.8) is 0 Å². The molecule has 0 bridgehead atoms. The topological polar surface area (TPSA) is 96.6 Å². The van der Waals surface area contributed by atoms with E-state index < -0.39 is 10.8 Å². The van der Waals surface area contributed by atoms with Gasteiger partial charge in [-0.1, -0.05) is 25.3 Å². The van der Waals surface area contributed by atoms with Crippen LogP contribution in [0.25, 0.3) is 0 Å². The van der Waals surface area contributed by atoms with Gasteiger partial charge in [-0.3, -0.25) is 30.8 Å². The van der Waals surface area contributed by atoms with Crippen molar-refractivity contribution >= 4 is 17.9 Å². The summed E-state index contributed by atoms with van der Waals surface area (Å²) in [6.07, 6.45) is 7.30. The van der Waals surface area contributed by atoms with Crippen LogP contribution in [0.2, 0.25) is 0 Å². The first-order chi connectivity index (χ1) is 10.2. The third kappa shape index (κ3) is 4.55. The molecule has 0 aromatic heterocycles. The van der Waals surface area contributed by atoms with Gasteiger partial charge >= 0.3 is 0 Å². The Kier molecular flexibility index (Phi) is 5.25. The van der Waals surface area contributed by atoms with Gasteiger partial charge in [0.05, 0.1) is 11.0 Å². The Morgan fingerprint density at radius 3 is 2.81 bits per heavy atom. The highest BCUT2D eigenvalue weighted by molar-refractivity contribution is 5.95. The second-order valence-electron chi connectivity index (χ2n) is 4.98. The van der Waals surface area contributed by atoms with E-state index in [1.54, 1.807) is 0 Å². The quantitative estimate of drug-likeness (QED) is 0.376. The number of benzene rings is 1. The van der Waals surface area contributed by atoms with Crippen LogP contribution in [0, 0.1) is 10.1 Å². The molecule has 1 amide bonds. The van der Waals surface area contributed by atoms with Crippen molar-refractivity contribution in [2.45, 2.75) is 38.1 Å². The van der Waals surface area contributed by atoms with Crippen molar-refractivity contribution in [1.82, 2.24) is 10.9 Å². The van der Waals surface area contributed by atoms with Crippen molar-refractivity contribution in [2.24, 2.45) is 4.99 Å². The summed E-state index contributed by atoms with van der Waals surface area (Å²) in [4.78, 5) is 26.3. The van der Waals surface area contributed by atoms with Crippen LogP contribution in [0.3, 0.4) is 0 Å². The molecule has 1 aliphatic carbocycles. The molecular weight excluding hydrogens is 272 g/mol. The highest BCUT2D eigenvalue weighted by atomic mass is 16.6. The molecule has 0 spiro atoms. The van der Waals surface area contributed by atoms with Crippen LogP contribution in [-0.2, 0) is 0 Å². The number of hydrogen-bond donors (Lipinski definition) is 2. The smallest absolute Gasteiger partial charge is 0.270 e. The van der Waals surface area contributed by atoms with Crippen LogP contribution in [0.15, 0.2) is 29.3 Å². The summed E-state index contributed by atoms with van der Waals surface area (Å²) < 4.78 is 0. The fourth-order valence-electron chi connectivity index (χ4n) is 2.30. The van der Waals surface area contributed by atoms with Gasteiger partial charge in [-0.25, -0.2) is 0 Å². The molecule has 1 aromatic rings. The maximum atomic E-state index is 11.8. The third-order valence-corrected chi connectivity index (χ3v) is 3.43. The van der Waals surface area contributed by atoms with E-state index in [1.807, 2.05) is 0 Å². The normalized spacial score (nSPS) is 15.8. The molecule has 0 aliphatic heterocycles. The van der Waals surface area contributed by atoms with E-state index in [2.05, 4.69) is 15.8 Å². The van der Waals surface area contributed by atoms with Crippen molar-refractivity contribution in [1.29, 1.82) is 0 Å². The summed E-state index contributed by atoms with van der Waals surface area (Å²) in [7, 11) is 0. The Morgan fingerprint density at radius 1 is 1.33 bits per heavy atom. The minimum absolute atomic E-state index is 0.112. The van der Waals surface area contributed by atoms with Crippen LogP contribution >= 0.6 is 0 Å². The van der Waals surface area contributed by atoms with E-state index in [-0.39, 0.29) is 11.3 Å². The zero-order valence-electron chi connectivity index (χ0n) is 11.6. The SMILES string of the molecule is O=C(NNC=NC1CCCCC1)c1cccc([N+](=O)[O-])c1. The maximum Gasteiger partial charge on any atom is 0.270 e. The summed E-state index contributed by atoms with van der Waals surface area (Å²) in [5.41, 5.74) is 5.17. The summed E-state index contributed by atoms with van der Waals surface area (Å²) >= 11 is 0. The average molecular weight is 290 g/mol. The van der Waals surface area contributed by atoms with Gasteiger partial charge in [0.25, 0.3) is 11.6 Å². The zero-order chi connectivity index (χ0) is 15.1. The van der Waals surface area contributed by atoms with Crippen LogP contribution in [0.1, 0.15) is 42.5 Å². The Bertz CT molecular complexity index is 539. The minimum Gasteiger partial charge on any atom is -0.288 e. The summed E-state index contributed by atoms with van der Waals surface area (Å²) in [6, 6.07) is 5.89. The molecule has 1 fully saturated rings. The largest absolute Gasteiger partial charge is 0.288 e. The van der Waals surface area contributed by atoms with Crippen molar-refractivity contribution in [3.05, 3.63) is 39.9 Å². The van der Waals surface area contributed by atoms with Crippen molar-refractivity contribution in [2.75, 3.05) is 0 Å². The minimum atomic E-state index is -0.533. The lowest BCUT2D eigenvalue weighted by atomic mass is 9.96. The fraction of sp³-hybridized carbons (Fsp3) is 0.429. The number of amides is 1. The molecule has 7 nitrogen and oxygen atoms in total. The number of nitrogens with zero attached hydrogens (tertiary/aromatic N) is 2. The Balaban J connectivity index is 1.82. The van der Waals surface area contributed by atoms with Gasteiger partial charge in [0, 0.05) is 17.7 Å². The lowest BCUT2D eigenvalue weighted by molar-refractivity contribution is -0.384. The van der Waals surface area contributed by atoms with Crippen molar-refractivity contribution < 1.29 is 9.72 Å². The molecule has 1 aromatic carbocycles. The predicted molar refractivity (Wildman–Crippen MR) is 79.1 cm³/mol. The summed E-state index contributed by atoms with van der Waals surface area (Å²) in [6.45, 7) is 0. The molecule has 112 valence electrons. The fourth-order valence-corrected chi connectivity index (χ4v) is 2.30. The third-order valence-electron chi connectivity index (χ3n) is 3.43. The predicted octanol–water partition coefficient (Wildman–Crippen LogP) is 2.19. The van der Waals surface area contributed by atoms with Gasteiger partial charge in [-0.2, -0.15) is 0 Å². The van der Waals surface area contributed by atoms with E-state index >= 15 is 0 Å². The maximum absolute atomic E-state index is 11.8. The van der Waals surface area contributed by atoms with Crippen LogP contribution in [0.4, 0.5) is 5.69 Å². The first-order valence-corrected chi connectivity index (χ1v) is 6.99. The van der Waals surface area contributed by atoms with Gasteiger partial charge in [0.1, 0.15) is 6.34 Å². The number of carbonyl (C=O) groups excluding carboxylic acids is 1. The van der Waals surface area contributed by atoms with Crippen LogP contribution in [0.5, 0.6) is 0 Å². The zero-order valence-corrected chi connectivity index (χ0v) is 11.6. The van der Waals surface area contributed by atoms with E-state index in [0.29, 0.717) is 6.04 Å². The van der Waals surface area contributed by atoms with Gasteiger partial charge in [-0.05, 0) is 18.9 Å². The molecule has 1 aliphatic rings. The molecule has 21 heavy (non-hydrogen) atoms.